The predicted octanol–water partition coefficient (Wildman–Crippen LogP) is 1.78. The highest BCUT2D eigenvalue weighted by Gasteiger charge is 2.18. The summed E-state index contributed by atoms with van der Waals surface area (Å²) in [5.74, 6) is 0.730. The van der Waals surface area contributed by atoms with Gasteiger partial charge in [0.1, 0.15) is 11.3 Å². The summed E-state index contributed by atoms with van der Waals surface area (Å²) in [5, 5.41) is 18.5. The minimum absolute atomic E-state index is 0.0434. The van der Waals surface area contributed by atoms with E-state index in [1.807, 2.05) is 31.2 Å². The van der Waals surface area contributed by atoms with Gasteiger partial charge in [-0.15, -0.1) is 5.10 Å². The third-order valence-electron chi connectivity index (χ3n) is 3.36. The molecule has 11 heteroatoms. The van der Waals surface area contributed by atoms with Crippen LogP contribution in [0.5, 0.6) is 11.6 Å². The van der Waals surface area contributed by atoms with Crippen LogP contribution < -0.4 is 20.1 Å². The van der Waals surface area contributed by atoms with Gasteiger partial charge >= 0.3 is 0 Å². The maximum Gasteiger partial charge on any atom is 0.270 e. The second-order valence-corrected chi connectivity index (χ2v) is 5.30. The monoisotopic (exact) mass is 370 g/mol. The number of amides is 1. The molecule has 0 saturated heterocycles. The van der Waals surface area contributed by atoms with E-state index in [4.69, 9.17) is 9.47 Å². The molecule has 0 aliphatic carbocycles. The Kier molecular flexibility index (Phi) is 5.72. The molecule has 0 saturated carbocycles. The summed E-state index contributed by atoms with van der Waals surface area (Å²) in [6.45, 7) is 2.36. The normalized spacial score (nSPS) is 10.3. The van der Waals surface area contributed by atoms with E-state index in [0.717, 1.165) is 17.9 Å². The molecule has 3 rings (SSSR count). The van der Waals surface area contributed by atoms with E-state index in [1.54, 1.807) is 7.11 Å². The SMILES string of the molecule is CCCOc1nc(Nc2ccc(OC)cc2)ncc1C(=O)Nc1nn[nH]n1. The van der Waals surface area contributed by atoms with Gasteiger partial charge in [-0.25, -0.2) is 4.98 Å². The number of benzene rings is 1. The fourth-order valence-corrected chi connectivity index (χ4v) is 2.08. The first kappa shape index (κ1) is 18.0. The number of ether oxygens (including phenoxy) is 2. The highest BCUT2D eigenvalue weighted by atomic mass is 16.5. The lowest BCUT2D eigenvalue weighted by Gasteiger charge is -2.11. The minimum Gasteiger partial charge on any atom is -0.497 e. The van der Waals surface area contributed by atoms with Crippen LogP contribution in [-0.4, -0.2) is 50.2 Å². The fourth-order valence-electron chi connectivity index (χ4n) is 2.08. The molecule has 0 atom stereocenters. The number of methoxy groups -OCH3 is 1. The second kappa shape index (κ2) is 8.56. The van der Waals surface area contributed by atoms with Gasteiger partial charge in [0.05, 0.1) is 13.7 Å². The predicted molar refractivity (Wildman–Crippen MR) is 96.2 cm³/mol. The topological polar surface area (TPSA) is 140 Å². The third-order valence-corrected chi connectivity index (χ3v) is 3.36. The van der Waals surface area contributed by atoms with E-state index in [1.165, 1.54) is 6.20 Å². The minimum atomic E-state index is -0.501. The first-order chi connectivity index (χ1) is 13.2. The van der Waals surface area contributed by atoms with Crippen LogP contribution in [0.3, 0.4) is 0 Å². The number of nitrogens with zero attached hydrogens (tertiary/aromatic N) is 5. The van der Waals surface area contributed by atoms with Gasteiger partial charge in [-0.2, -0.15) is 10.2 Å². The zero-order valence-corrected chi connectivity index (χ0v) is 14.8. The van der Waals surface area contributed by atoms with Crippen LogP contribution in [0.2, 0.25) is 0 Å². The van der Waals surface area contributed by atoms with Crippen LogP contribution in [0.25, 0.3) is 0 Å². The molecule has 0 aliphatic rings. The molecule has 1 aromatic carbocycles. The summed E-state index contributed by atoms with van der Waals surface area (Å²) in [5.41, 5.74) is 0.926. The number of H-pyrrole nitrogens is 1. The van der Waals surface area contributed by atoms with E-state index in [2.05, 4.69) is 41.2 Å². The molecule has 0 radical (unpaired) electrons. The summed E-state index contributed by atoms with van der Waals surface area (Å²) < 4.78 is 10.7. The van der Waals surface area contributed by atoms with Gasteiger partial charge in [0.25, 0.3) is 11.9 Å². The van der Waals surface area contributed by atoms with Crippen molar-refractivity contribution in [1.82, 2.24) is 30.6 Å². The van der Waals surface area contributed by atoms with Crippen molar-refractivity contribution in [2.45, 2.75) is 13.3 Å². The maximum atomic E-state index is 12.4. The molecule has 0 aliphatic heterocycles. The number of rotatable bonds is 8. The maximum absolute atomic E-state index is 12.4. The molecule has 1 amide bonds. The number of hydrogen-bond acceptors (Lipinski definition) is 9. The average Bonchev–Trinajstić information content (AvgIpc) is 3.20. The Morgan fingerprint density at radius 2 is 2.04 bits per heavy atom. The van der Waals surface area contributed by atoms with Gasteiger partial charge in [-0.1, -0.05) is 12.0 Å². The van der Waals surface area contributed by atoms with E-state index in [0.29, 0.717) is 12.6 Å². The summed E-state index contributed by atoms with van der Waals surface area (Å²) >= 11 is 0. The van der Waals surface area contributed by atoms with Crippen LogP contribution in [0.4, 0.5) is 17.6 Å². The molecule has 140 valence electrons. The fraction of sp³-hybridized carbons (Fsp3) is 0.250. The first-order valence-electron chi connectivity index (χ1n) is 8.15. The first-order valence-corrected chi connectivity index (χ1v) is 8.15. The Bertz CT molecular complexity index is 883. The Morgan fingerprint density at radius 3 is 2.70 bits per heavy atom. The van der Waals surface area contributed by atoms with Crippen molar-refractivity contribution >= 4 is 23.5 Å². The van der Waals surface area contributed by atoms with E-state index < -0.39 is 5.91 Å². The Hall–Kier alpha value is -3.76. The van der Waals surface area contributed by atoms with Crippen LogP contribution in [-0.2, 0) is 0 Å². The third kappa shape index (κ3) is 4.66. The smallest absolute Gasteiger partial charge is 0.270 e. The summed E-state index contributed by atoms with van der Waals surface area (Å²) in [6.07, 6.45) is 2.14. The van der Waals surface area contributed by atoms with Gasteiger partial charge in [0, 0.05) is 11.9 Å². The molecule has 0 spiro atoms. The quantitative estimate of drug-likeness (QED) is 0.541. The van der Waals surface area contributed by atoms with Crippen LogP contribution in [0.1, 0.15) is 23.7 Å². The summed E-state index contributed by atoms with van der Waals surface area (Å²) in [7, 11) is 1.60. The standard InChI is InChI=1S/C16H18N8O3/c1-3-8-27-14-12(13(25)19-16-21-23-24-22-16)9-17-15(20-14)18-10-4-6-11(26-2)7-5-10/h4-7,9H,3,8H2,1-2H3,(H,17,18,20)(H2,19,21,22,23,24,25). The second-order valence-electron chi connectivity index (χ2n) is 5.30. The molecule has 0 unspecified atom stereocenters. The van der Waals surface area contributed by atoms with Gasteiger partial charge in [0.2, 0.25) is 11.8 Å². The van der Waals surface area contributed by atoms with E-state index in [-0.39, 0.29) is 17.4 Å². The lowest BCUT2D eigenvalue weighted by molar-refractivity contribution is 0.102. The van der Waals surface area contributed by atoms with Crippen LogP contribution in [0, 0.1) is 0 Å². The van der Waals surface area contributed by atoms with Gasteiger partial charge in [-0.3, -0.25) is 10.1 Å². The number of anilines is 3. The largest absolute Gasteiger partial charge is 0.497 e. The zero-order chi connectivity index (χ0) is 19.1. The molecule has 3 N–H and O–H groups in total. The summed E-state index contributed by atoms with van der Waals surface area (Å²) in [6, 6.07) is 7.27. The van der Waals surface area contributed by atoms with Crippen molar-refractivity contribution in [1.29, 1.82) is 0 Å². The van der Waals surface area contributed by atoms with Gasteiger partial charge < -0.3 is 14.8 Å². The lowest BCUT2D eigenvalue weighted by Crippen LogP contribution is -2.17. The highest BCUT2D eigenvalue weighted by Crippen LogP contribution is 2.22. The van der Waals surface area contributed by atoms with Crippen molar-refractivity contribution in [3.8, 4) is 11.6 Å². The van der Waals surface area contributed by atoms with Crippen molar-refractivity contribution in [3.05, 3.63) is 36.0 Å². The molecule has 27 heavy (non-hydrogen) atoms. The Labute approximate surface area is 154 Å². The number of carbonyl (C=O) groups is 1. The number of aromatic nitrogens is 6. The Balaban J connectivity index is 1.80. The summed E-state index contributed by atoms with van der Waals surface area (Å²) in [4.78, 5) is 20.9. The van der Waals surface area contributed by atoms with Gasteiger partial charge in [-0.05, 0) is 35.9 Å². The molecule has 2 heterocycles. The number of tetrazole rings is 1. The average molecular weight is 370 g/mol. The number of carbonyl (C=O) groups excluding carboxylic acids is 1. The molecule has 0 fully saturated rings. The molecule has 11 nitrogen and oxygen atoms in total. The van der Waals surface area contributed by atoms with Crippen molar-refractivity contribution in [2.24, 2.45) is 0 Å². The van der Waals surface area contributed by atoms with Crippen molar-refractivity contribution < 1.29 is 14.3 Å². The van der Waals surface area contributed by atoms with Crippen LogP contribution >= 0.6 is 0 Å². The van der Waals surface area contributed by atoms with Crippen LogP contribution in [0.15, 0.2) is 30.5 Å². The van der Waals surface area contributed by atoms with E-state index >= 15 is 0 Å². The van der Waals surface area contributed by atoms with Crippen molar-refractivity contribution in [2.75, 3.05) is 24.4 Å². The molecule has 0 bridgehead atoms. The van der Waals surface area contributed by atoms with Crippen molar-refractivity contribution in [3.63, 3.8) is 0 Å². The number of nitrogens with one attached hydrogen (secondary N) is 3. The molecular formula is C16H18N8O3. The number of aromatic amines is 1. The molecular weight excluding hydrogens is 352 g/mol. The highest BCUT2D eigenvalue weighted by molar-refractivity contribution is 6.04. The van der Waals surface area contributed by atoms with E-state index in [9.17, 15) is 4.79 Å². The zero-order valence-electron chi connectivity index (χ0n) is 14.8. The molecule has 3 aromatic rings. The lowest BCUT2D eigenvalue weighted by atomic mass is 10.3. The molecule has 2 aromatic heterocycles. The number of hydrogen-bond donors (Lipinski definition) is 3. The van der Waals surface area contributed by atoms with Gasteiger partial charge in [0.15, 0.2) is 0 Å². The Morgan fingerprint density at radius 1 is 1.22 bits per heavy atom.